The summed E-state index contributed by atoms with van der Waals surface area (Å²) in [6.07, 6.45) is 2.03. The molecule has 0 bridgehead atoms. The van der Waals surface area contributed by atoms with E-state index in [1.165, 1.54) is 0 Å². The van der Waals surface area contributed by atoms with Crippen LogP contribution in [0.2, 0.25) is 0 Å². The molecule has 3 rings (SSSR count). The van der Waals surface area contributed by atoms with E-state index in [1.54, 1.807) is 0 Å². The van der Waals surface area contributed by atoms with Crippen molar-refractivity contribution in [2.45, 2.75) is 19.3 Å². The molecule has 0 unspecified atom stereocenters. The highest BCUT2D eigenvalue weighted by atomic mass is 16.4. The first-order valence-corrected chi connectivity index (χ1v) is 7.46. The molecule has 1 aromatic carbocycles. The standard InChI is InChI=1S/C16H21N3O2/c1-19-7-6-11(9-16(20)21)12(10-19)8-15-17-13-4-2-3-5-14(13)18-15/h2-5,11-12H,6-10H2,1H3,(H,17,18)(H,20,21)/t11-,12-/m0/s1. The normalized spacial score (nSPS) is 23.5. The second-order valence-electron chi connectivity index (χ2n) is 6.07. The average Bonchev–Trinajstić information content (AvgIpc) is 2.83. The lowest BCUT2D eigenvalue weighted by atomic mass is 9.81. The van der Waals surface area contributed by atoms with E-state index in [2.05, 4.69) is 21.9 Å². The van der Waals surface area contributed by atoms with Crippen LogP contribution in [0, 0.1) is 11.8 Å². The van der Waals surface area contributed by atoms with Crippen molar-refractivity contribution in [3.63, 3.8) is 0 Å². The molecule has 2 heterocycles. The van der Waals surface area contributed by atoms with Gasteiger partial charge in [-0.05, 0) is 44.0 Å². The molecule has 1 aliphatic rings. The van der Waals surface area contributed by atoms with E-state index in [0.717, 1.165) is 42.8 Å². The zero-order valence-corrected chi connectivity index (χ0v) is 12.2. The lowest BCUT2D eigenvalue weighted by Crippen LogP contribution is -2.40. The molecule has 1 aromatic heterocycles. The van der Waals surface area contributed by atoms with Crippen LogP contribution in [-0.2, 0) is 11.2 Å². The molecular weight excluding hydrogens is 266 g/mol. The third kappa shape index (κ3) is 3.24. The minimum absolute atomic E-state index is 0.243. The van der Waals surface area contributed by atoms with Crippen LogP contribution >= 0.6 is 0 Å². The predicted octanol–water partition coefficient (Wildman–Crippen LogP) is 2.15. The summed E-state index contributed by atoms with van der Waals surface area (Å²) in [5, 5.41) is 9.09. The predicted molar refractivity (Wildman–Crippen MR) is 81.1 cm³/mol. The smallest absolute Gasteiger partial charge is 0.303 e. The quantitative estimate of drug-likeness (QED) is 0.904. The summed E-state index contributed by atoms with van der Waals surface area (Å²) in [6, 6.07) is 7.99. The lowest BCUT2D eigenvalue weighted by Gasteiger charge is -2.35. The van der Waals surface area contributed by atoms with Gasteiger partial charge in [0, 0.05) is 19.4 Å². The zero-order chi connectivity index (χ0) is 14.8. The Bertz CT molecular complexity index is 604. The number of carboxylic acid groups (broad SMARTS) is 1. The number of rotatable bonds is 4. The van der Waals surface area contributed by atoms with E-state index in [9.17, 15) is 4.79 Å². The fourth-order valence-corrected chi connectivity index (χ4v) is 3.34. The van der Waals surface area contributed by atoms with Gasteiger partial charge in [-0.15, -0.1) is 0 Å². The average molecular weight is 287 g/mol. The van der Waals surface area contributed by atoms with Gasteiger partial charge in [-0.1, -0.05) is 12.1 Å². The zero-order valence-electron chi connectivity index (χ0n) is 12.2. The molecule has 0 spiro atoms. The summed E-state index contributed by atoms with van der Waals surface area (Å²) in [4.78, 5) is 21.3. The van der Waals surface area contributed by atoms with Crippen LogP contribution in [0.3, 0.4) is 0 Å². The second-order valence-corrected chi connectivity index (χ2v) is 6.07. The van der Waals surface area contributed by atoms with Gasteiger partial charge in [0.15, 0.2) is 0 Å². The minimum Gasteiger partial charge on any atom is -0.481 e. The number of piperidine rings is 1. The Morgan fingerprint density at radius 1 is 1.43 bits per heavy atom. The minimum atomic E-state index is -0.695. The molecule has 5 heteroatoms. The molecule has 0 amide bonds. The van der Waals surface area contributed by atoms with Crippen LogP contribution < -0.4 is 0 Å². The highest BCUT2D eigenvalue weighted by Gasteiger charge is 2.30. The highest BCUT2D eigenvalue weighted by Crippen LogP contribution is 2.28. The Balaban J connectivity index is 1.77. The molecule has 0 radical (unpaired) electrons. The van der Waals surface area contributed by atoms with E-state index in [1.807, 2.05) is 24.3 Å². The fraction of sp³-hybridized carbons (Fsp3) is 0.500. The number of fused-ring (bicyclic) bond motifs is 1. The van der Waals surface area contributed by atoms with Crippen LogP contribution in [0.5, 0.6) is 0 Å². The number of nitrogens with one attached hydrogen (secondary N) is 1. The first-order valence-electron chi connectivity index (χ1n) is 7.46. The van der Waals surface area contributed by atoms with Crippen LogP contribution in [0.25, 0.3) is 11.0 Å². The molecule has 0 aliphatic carbocycles. The van der Waals surface area contributed by atoms with Crippen molar-refractivity contribution < 1.29 is 9.90 Å². The molecule has 2 atom stereocenters. The maximum atomic E-state index is 11.1. The Morgan fingerprint density at radius 2 is 2.24 bits per heavy atom. The molecule has 2 N–H and O–H groups in total. The number of hydrogen-bond donors (Lipinski definition) is 2. The summed E-state index contributed by atoms with van der Waals surface area (Å²) >= 11 is 0. The van der Waals surface area contributed by atoms with Gasteiger partial charge in [0.25, 0.3) is 0 Å². The van der Waals surface area contributed by atoms with Gasteiger partial charge < -0.3 is 15.0 Å². The lowest BCUT2D eigenvalue weighted by molar-refractivity contribution is -0.139. The van der Waals surface area contributed by atoms with E-state index < -0.39 is 5.97 Å². The van der Waals surface area contributed by atoms with E-state index in [4.69, 9.17) is 5.11 Å². The molecule has 1 saturated heterocycles. The van der Waals surface area contributed by atoms with E-state index in [0.29, 0.717) is 5.92 Å². The number of hydrogen-bond acceptors (Lipinski definition) is 3. The van der Waals surface area contributed by atoms with E-state index in [-0.39, 0.29) is 12.3 Å². The van der Waals surface area contributed by atoms with Crippen molar-refractivity contribution in [3.8, 4) is 0 Å². The second kappa shape index (κ2) is 5.85. The first kappa shape index (κ1) is 14.1. The maximum Gasteiger partial charge on any atom is 0.303 e. The maximum absolute atomic E-state index is 11.1. The van der Waals surface area contributed by atoms with Gasteiger partial charge in [-0.2, -0.15) is 0 Å². The summed E-state index contributed by atoms with van der Waals surface area (Å²) in [5.74, 6) is 0.860. The molecule has 21 heavy (non-hydrogen) atoms. The van der Waals surface area contributed by atoms with Crippen molar-refractivity contribution in [2.24, 2.45) is 11.8 Å². The summed E-state index contributed by atoms with van der Waals surface area (Å²) in [5.41, 5.74) is 2.03. The number of aromatic nitrogens is 2. The third-order valence-corrected chi connectivity index (χ3v) is 4.43. The van der Waals surface area contributed by atoms with Crippen LogP contribution in [0.15, 0.2) is 24.3 Å². The van der Waals surface area contributed by atoms with E-state index >= 15 is 0 Å². The molecule has 2 aromatic rings. The van der Waals surface area contributed by atoms with Crippen molar-refractivity contribution in [3.05, 3.63) is 30.1 Å². The third-order valence-electron chi connectivity index (χ3n) is 4.43. The number of H-pyrrole nitrogens is 1. The van der Waals surface area contributed by atoms with Crippen molar-refractivity contribution >= 4 is 17.0 Å². The number of aliphatic carboxylic acids is 1. The molecule has 1 aliphatic heterocycles. The molecular formula is C16H21N3O2. The Labute approximate surface area is 124 Å². The Morgan fingerprint density at radius 3 is 3.00 bits per heavy atom. The number of para-hydroxylation sites is 2. The Hall–Kier alpha value is -1.88. The largest absolute Gasteiger partial charge is 0.481 e. The summed E-state index contributed by atoms with van der Waals surface area (Å²) in [7, 11) is 2.10. The highest BCUT2D eigenvalue weighted by molar-refractivity contribution is 5.74. The van der Waals surface area contributed by atoms with Gasteiger partial charge in [0.05, 0.1) is 11.0 Å². The van der Waals surface area contributed by atoms with Crippen molar-refractivity contribution in [2.75, 3.05) is 20.1 Å². The number of nitrogens with zero attached hydrogens (tertiary/aromatic N) is 2. The molecule has 1 fully saturated rings. The van der Waals surface area contributed by atoms with Crippen LogP contribution in [0.1, 0.15) is 18.7 Å². The van der Waals surface area contributed by atoms with Crippen LogP contribution in [0.4, 0.5) is 0 Å². The topological polar surface area (TPSA) is 69.2 Å². The SMILES string of the molecule is CN1CC[C@@H](CC(=O)O)[C@@H](Cc2nc3ccccc3[nH]2)C1. The number of carboxylic acids is 1. The molecule has 5 nitrogen and oxygen atoms in total. The number of likely N-dealkylation sites (tertiary alicyclic amines) is 1. The van der Waals surface area contributed by atoms with Crippen molar-refractivity contribution in [1.82, 2.24) is 14.9 Å². The molecule has 0 saturated carbocycles. The monoisotopic (exact) mass is 287 g/mol. The number of carbonyl (C=O) groups is 1. The number of benzene rings is 1. The summed E-state index contributed by atoms with van der Waals surface area (Å²) < 4.78 is 0. The van der Waals surface area contributed by atoms with Gasteiger partial charge in [0.2, 0.25) is 0 Å². The van der Waals surface area contributed by atoms with Gasteiger partial charge >= 0.3 is 5.97 Å². The molecule has 112 valence electrons. The fourth-order valence-electron chi connectivity index (χ4n) is 3.34. The number of imidazole rings is 1. The Kier molecular flexibility index (Phi) is 3.92. The first-order chi connectivity index (χ1) is 10.1. The van der Waals surface area contributed by atoms with Gasteiger partial charge in [-0.25, -0.2) is 4.98 Å². The number of aromatic amines is 1. The van der Waals surface area contributed by atoms with Gasteiger partial charge in [-0.3, -0.25) is 4.79 Å². The summed E-state index contributed by atoms with van der Waals surface area (Å²) in [6.45, 7) is 1.92. The van der Waals surface area contributed by atoms with Gasteiger partial charge in [0.1, 0.15) is 5.82 Å². The van der Waals surface area contributed by atoms with Crippen LogP contribution in [-0.4, -0.2) is 46.1 Å². The van der Waals surface area contributed by atoms with Crippen molar-refractivity contribution in [1.29, 1.82) is 0 Å².